The van der Waals surface area contributed by atoms with Crippen molar-refractivity contribution < 1.29 is 4.92 Å². The van der Waals surface area contributed by atoms with Crippen LogP contribution in [0.15, 0.2) is 36.8 Å². The number of rotatable bonds is 3. The SMILES string of the molecule is Cc1cnc(Nn2cccc2)cc1[N+](=O)[O-]. The molecular weight excluding hydrogens is 208 g/mol. The quantitative estimate of drug-likeness (QED) is 0.631. The Hall–Kier alpha value is -2.37. The number of hydrogen-bond acceptors (Lipinski definition) is 4. The van der Waals surface area contributed by atoms with E-state index in [1.165, 1.54) is 12.3 Å². The Morgan fingerprint density at radius 3 is 2.75 bits per heavy atom. The molecule has 2 heterocycles. The molecular formula is C10H10N4O2. The van der Waals surface area contributed by atoms with E-state index in [0.29, 0.717) is 11.4 Å². The lowest BCUT2D eigenvalue weighted by atomic mass is 10.2. The highest BCUT2D eigenvalue weighted by Gasteiger charge is 2.11. The molecule has 6 nitrogen and oxygen atoms in total. The number of aromatic nitrogens is 2. The first kappa shape index (κ1) is 10.2. The zero-order chi connectivity index (χ0) is 11.5. The molecule has 0 unspecified atom stereocenters. The predicted molar refractivity (Wildman–Crippen MR) is 59.1 cm³/mol. The summed E-state index contributed by atoms with van der Waals surface area (Å²) >= 11 is 0. The zero-order valence-corrected chi connectivity index (χ0v) is 8.62. The molecule has 0 saturated carbocycles. The molecule has 0 atom stereocenters. The van der Waals surface area contributed by atoms with Gasteiger partial charge in [-0.25, -0.2) is 4.98 Å². The van der Waals surface area contributed by atoms with Gasteiger partial charge in [0.15, 0.2) is 5.82 Å². The molecule has 0 amide bonds. The van der Waals surface area contributed by atoms with Crippen LogP contribution in [0.25, 0.3) is 0 Å². The number of hydrogen-bond donors (Lipinski definition) is 1. The monoisotopic (exact) mass is 218 g/mol. The smallest absolute Gasteiger partial charge is 0.277 e. The van der Waals surface area contributed by atoms with Gasteiger partial charge < -0.3 is 0 Å². The highest BCUT2D eigenvalue weighted by atomic mass is 16.6. The van der Waals surface area contributed by atoms with Gasteiger partial charge in [-0.1, -0.05) is 0 Å². The average Bonchev–Trinajstić information content (AvgIpc) is 2.73. The van der Waals surface area contributed by atoms with Gasteiger partial charge in [0.25, 0.3) is 5.69 Å². The van der Waals surface area contributed by atoms with Crippen LogP contribution in [-0.4, -0.2) is 14.6 Å². The lowest BCUT2D eigenvalue weighted by Crippen LogP contribution is -2.08. The molecule has 0 aliphatic carbocycles. The maximum Gasteiger partial charge on any atom is 0.277 e. The molecule has 0 aliphatic heterocycles. The minimum atomic E-state index is -0.419. The van der Waals surface area contributed by atoms with Gasteiger partial charge in [-0.2, -0.15) is 0 Å². The van der Waals surface area contributed by atoms with Gasteiger partial charge in [0.1, 0.15) is 0 Å². The largest absolute Gasteiger partial charge is 0.278 e. The summed E-state index contributed by atoms with van der Waals surface area (Å²) in [6.45, 7) is 1.66. The van der Waals surface area contributed by atoms with Gasteiger partial charge >= 0.3 is 0 Å². The molecule has 2 rings (SSSR count). The third-order valence-corrected chi connectivity index (χ3v) is 2.12. The molecule has 1 N–H and O–H groups in total. The third-order valence-electron chi connectivity index (χ3n) is 2.12. The van der Waals surface area contributed by atoms with Crippen molar-refractivity contribution in [3.63, 3.8) is 0 Å². The average molecular weight is 218 g/mol. The number of aryl methyl sites for hydroxylation is 1. The number of pyridine rings is 1. The summed E-state index contributed by atoms with van der Waals surface area (Å²) in [5.74, 6) is 0.438. The van der Waals surface area contributed by atoms with E-state index in [4.69, 9.17) is 0 Å². The van der Waals surface area contributed by atoms with Gasteiger partial charge in [0, 0.05) is 24.2 Å². The Morgan fingerprint density at radius 1 is 1.44 bits per heavy atom. The summed E-state index contributed by atoms with van der Waals surface area (Å²) in [5.41, 5.74) is 3.51. The van der Waals surface area contributed by atoms with E-state index in [1.807, 2.05) is 12.1 Å². The van der Waals surface area contributed by atoms with E-state index in [0.717, 1.165) is 0 Å². The van der Waals surface area contributed by atoms with Gasteiger partial charge in [0.05, 0.1) is 11.0 Å². The molecule has 0 fully saturated rings. The van der Waals surface area contributed by atoms with E-state index < -0.39 is 4.92 Å². The summed E-state index contributed by atoms with van der Waals surface area (Å²) in [7, 11) is 0. The van der Waals surface area contributed by atoms with Crippen molar-refractivity contribution in [1.29, 1.82) is 0 Å². The Balaban J connectivity index is 2.29. The summed E-state index contributed by atoms with van der Waals surface area (Å²) in [6, 6.07) is 5.10. The molecule has 6 heteroatoms. The van der Waals surface area contributed by atoms with Crippen molar-refractivity contribution in [3.8, 4) is 0 Å². The third kappa shape index (κ3) is 2.00. The van der Waals surface area contributed by atoms with Crippen molar-refractivity contribution in [2.24, 2.45) is 0 Å². The maximum absolute atomic E-state index is 10.7. The van der Waals surface area contributed by atoms with Crippen LogP contribution in [0.5, 0.6) is 0 Å². The second-order valence-electron chi connectivity index (χ2n) is 3.32. The molecule has 0 saturated heterocycles. The first-order valence-electron chi connectivity index (χ1n) is 4.68. The molecule has 0 spiro atoms. The van der Waals surface area contributed by atoms with Gasteiger partial charge in [-0.05, 0) is 19.1 Å². The minimum absolute atomic E-state index is 0.0599. The van der Waals surface area contributed by atoms with Crippen LogP contribution in [0, 0.1) is 17.0 Å². The first-order valence-corrected chi connectivity index (χ1v) is 4.68. The van der Waals surface area contributed by atoms with Crippen molar-refractivity contribution in [1.82, 2.24) is 9.66 Å². The van der Waals surface area contributed by atoms with Crippen LogP contribution in [-0.2, 0) is 0 Å². The molecule has 0 bridgehead atoms. The van der Waals surface area contributed by atoms with Crippen LogP contribution in [0.4, 0.5) is 11.5 Å². The van der Waals surface area contributed by atoms with E-state index in [-0.39, 0.29) is 5.69 Å². The topological polar surface area (TPSA) is 73.0 Å². The fourth-order valence-corrected chi connectivity index (χ4v) is 1.31. The number of nitrogens with one attached hydrogen (secondary N) is 1. The van der Waals surface area contributed by atoms with Gasteiger partial charge in [0.2, 0.25) is 0 Å². The summed E-state index contributed by atoms with van der Waals surface area (Å²) in [5, 5.41) is 10.7. The number of nitro groups is 1. The summed E-state index contributed by atoms with van der Waals surface area (Å²) < 4.78 is 1.67. The molecule has 2 aromatic rings. The Bertz CT molecular complexity index is 508. The van der Waals surface area contributed by atoms with E-state index in [9.17, 15) is 10.1 Å². The fourth-order valence-electron chi connectivity index (χ4n) is 1.31. The Labute approximate surface area is 91.7 Å². The van der Waals surface area contributed by atoms with E-state index in [1.54, 1.807) is 24.0 Å². The Kier molecular flexibility index (Phi) is 2.55. The van der Waals surface area contributed by atoms with Gasteiger partial charge in [-0.15, -0.1) is 0 Å². The summed E-state index contributed by atoms with van der Waals surface area (Å²) in [6.07, 6.45) is 5.05. The van der Waals surface area contributed by atoms with Gasteiger partial charge in [-0.3, -0.25) is 20.2 Å². The molecule has 2 aromatic heterocycles. The molecule has 0 radical (unpaired) electrons. The predicted octanol–water partition coefficient (Wildman–Crippen LogP) is 1.97. The number of anilines is 1. The van der Waals surface area contributed by atoms with Crippen molar-refractivity contribution in [2.75, 3.05) is 5.43 Å². The lowest BCUT2D eigenvalue weighted by Gasteiger charge is -2.06. The normalized spacial score (nSPS) is 10.1. The van der Waals surface area contributed by atoms with Crippen molar-refractivity contribution >= 4 is 11.5 Å². The Morgan fingerprint density at radius 2 is 2.12 bits per heavy atom. The van der Waals surface area contributed by atoms with Crippen LogP contribution in [0.3, 0.4) is 0 Å². The maximum atomic E-state index is 10.7. The minimum Gasteiger partial charge on any atom is -0.278 e. The van der Waals surface area contributed by atoms with E-state index in [2.05, 4.69) is 10.4 Å². The van der Waals surface area contributed by atoms with Crippen LogP contribution >= 0.6 is 0 Å². The standard InChI is InChI=1S/C10H10N4O2/c1-8-7-11-10(6-9(8)14(15)16)12-13-4-2-3-5-13/h2-7H,1H3,(H,11,12). The van der Waals surface area contributed by atoms with Crippen LogP contribution in [0.2, 0.25) is 0 Å². The lowest BCUT2D eigenvalue weighted by molar-refractivity contribution is -0.385. The molecule has 82 valence electrons. The zero-order valence-electron chi connectivity index (χ0n) is 8.62. The van der Waals surface area contributed by atoms with Crippen molar-refractivity contribution in [2.45, 2.75) is 6.92 Å². The second-order valence-corrected chi connectivity index (χ2v) is 3.32. The van der Waals surface area contributed by atoms with Crippen molar-refractivity contribution in [3.05, 3.63) is 52.5 Å². The molecule has 16 heavy (non-hydrogen) atoms. The molecule has 0 aromatic carbocycles. The van der Waals surface area contributed by atoms with Crippen LogP contribution in [0.1, 0.15) is 5.56 Å². The fraction of sp³-hybridized carbons (Fsp3) is 0.100. The second kappa shape index (κ2) is 4.01. The highest BCUT2D eigenvalue weighted by molar-refractivity contribution is 5.48. The number of nitrogens with zero attached hydrogens (tertiary/aromatic N) is 3. The molecule has 0 aliphatic rings. The van der Waals surface area contributed by atoms with E-state index >= 15 is 0 Å². The first-order chi connectivity index (χ1) is 7.66. The summed E-state index contributed by atoms with van der Waals surface area (Å²) in [4.78, 5) is 14.4. The highest BCUT2D eigenvalue weighted by Crippen LogP contribution is 2.19. The van der Waals surface area contributed by atoms with Crippen LogP contribution < -0.4 is 5.43 Å².